The molecule has 0 spiro atoms. The molecule has 0 aliphatic rings. The van der Waals surface area contributed by atoms with Gasteiger partial charge in [0.1, 0.15) is 41.5 Å². The van der Waals surface area contributed by atoms with Gasteiger partial charge in [-0.2, -0.15) is 0 Å². The van der Waals surface area contributed by atoms with Crippen LogP contribution in [0.15, 0.2) is 146 Å². The molecule has 350 valence electrons. The van der Waals surface area contributed by atoms with E-state index in [4.69, 9.17) is 14.2 Å². The molecule has 2 atom stereocenters. The van der Waals surface area contributed by atoms with Gasteiger partial charge in [-0.3, -0.25) is 0 Å². The molecule has 2 unspecified atom stereocenters. The maximum absolute atomic E-state index is 11.4. The molecule has 0 fully saturated rings. The molecule has 0 bridgehead atoms. The quantitative estimate of drug-likeness (QED) is 0.0800. The molecule has 4 N–H and O–H groups in total. The second kappa shape index (κ2) is 22.2. The number of rotatable bonds is 13. The molecule has 2 aromatic heterocycles. The summed E-state index contributed by atoms with van der Waals surface area (Å²) in [6.07, 6.45) is 5.20. The lowest BCUT2D eigenvalue weighted by Gasteiger charge is -2.13. The number of anilines is 4. The summed E-state index contributed by atoms with van der Waals surface area (Å²) in [6, 6.07) is 40.6. The summed E-state index contributed by atoms with van der Waals surface area (Å²) in [6.45, 7) is 5.36. The largest absolute Gasteiger partial charge is 0.493 e. The smallest absolute Gasteiger partial charge is 0.209 e. The van der Waals surface area contributed by atoms with Crippen molar-refractivity contribution in [2.75, 3.05) is 30.3 Å². The fourth-order valence-electron chi connectivity index (χ4n) is 6.73. The van der Waals surface area contributed by atoms with Gasteiger partial charge >= 0.3 is 0 Å². The minimum atomic E-state index is -3.33. The lowest BCUT2D eigenvalue weighted by Crippen LogP contribution is -2.30. The third-order valence-electron chi connectivity index (χ3n) is 9.72. The van der Waals surface area contributed by atoms with E-state index in [1.165, 1.54) is 12.7 Å². The number of para-hydroxylation sites is 2. The van der Waals surface area contributed by atoms with Crippen LogP contribution in [0.4, 0.5) is 23.0 Å². The van der Waals surface area contributed by atoms with Crippen LogP contribution < -0.4 is 34.3 Å². The first kappa shape index (κ1) is 48.9. The van der Waals surface area contributed by atoms with Crippen molar-refractivity contribution >= 4 is 64.9 Å². The van der Waals surface area contributed by atoms with Crippen molar-refractivity contribution in [1.82, 2.24) is 29.4 Å². The maximum Gasteiger partial charge on any atom is 0.209 e. The van der Waals surface area contributed by atoms with Crippen molar-refractivity contribution in [3.63, 3.8) is 0 Å². The van der Waals surface area contributed by atoms with Crippen LogP contribution in [0.25, 0.3) is 21.8 Å². The van der Waals surface area contributed by atoms with E-state index in [0.717, 1.165) is 68.3 Å². The van der Waals surface area contributed by atoms with Crippen molar-refractivity contribution in [3.05, 3.63) is 163 Å². The normalized spacial score (nSPS) is 11.9. The van der Waals surface area contributed by atoms with Crippen LogP contribution in [0.2, 0.25) is 0 Å². The number of fused-ring (bicyclic) bond motifs is 2. The Kier molecular flexibility index (Phi) is 15.7. The summed E-state index contributed by atoms with van der Waals surface area (Å²) in [5.41, 5.74) is 5.55. The highest BCUT2D eigenvalue weighted by atomic mass is 32.2. The van der Waals surface area contributed by atoms with Gasteiger partial charge in [0, 0.05) is 39.3 Å². The minimum absolute atomic E-state index is 0.505. The van der Waals surface area contributed by atoms with Crippen LogP contribution in [0.3, 0.4) is 0 Å². The van der Waals surface area contributed by atoms with E-state index in [0.29, 0.717) is 34.4 Å². The standard InChI is InChI=1S/C26H24N4O4S.C26H24N4O3S/c1-18(30-35(3,31)32)9-10-19-11-13-23-22(15-19)26(28-17-27-23)29-20-12-14-24(25(16-20)33-2)34-21-7-5-4-6-8-21;1-18-15-21(12-14-25(18)33-22-7-5-4-6-8-22)29-26-23-16-20(11-13-24(23)27-17-28-26)10-9-19(2)30-34(3,31)32/h4-8,11-18,30H,1-3H3,(H,27,28,29);4-8,11-17,19,30H,1-3H3,(H,27,28,29). The van der Waals surface area contributed by atoms with E-state index in [9.17, 15) is 16.8 Å². The Hall–Kier alpha value is -8.06. The van der Waals surface area contributed by atoms with Gasteiger partial charge in [-0.25, -0.2) is 46.2 Å². The first-order valence-corrected chi connectivity index (χ1v) is 25.1. The SMILES string of the molecule is COc1cc(Nc2ncnc3ccc(C#CC(C)NS(C)(=O)=O)cc23)ccc1Oc1ccccc1.Cc1cc(Nc2ncnc3ccc(C#CC(C)NS(C)(=O)=O)cc23)ccc1Oc1ccccc1. The molecule has 15 nitrogen and oxygen atoms in total. The molecule has 0 aliphatic carbocycles. The first-order valence-electron chi connectivity index (χ1n) is 21.3. The van der Waals surface area contributed by atoms with E-state index in [2.05, 4.69) is 63.7 Å². The Morgan fingerprint density at radius 2 is 0.971 bits per heavy atom. The van der Waals surface area contributed by atoms with Crippen LogP contribution in [-0.4, -0.2) is 68.5 Å². The number of benzene rings is 6. The fraction of sp³-hybridized carbons (Fsp3) is 0.154. The number of aryl methyl sites for hydroxylation is 1. The number of nitrogens with one attached hydrogen (secondary N) is 4. The van der Waals surface area contributed by atoms with Crippen LogP contribution in [0.1, 0.15) is 30.5 Å². The van der Waals surface area contributed by atoms with Crippen molar-refractivity contribution in [3.8, 4) is 52.4 Å². The predicted octanol–water partition coefficient (Wildman–Crippen LogP) is 9.23. The van der Waals surface area contributed by atoms with Gasteiger partial charge in [0.25, 0.3) is 0 Å². The Bertz CT molecular complexity index is 3470. The van der Waals surface area contributed by atoms with Crippen molar-refractivity contribution in [2.24, 2.45) is 0 Å². The molecule has 0 amide bonds. The zero-order valence-electron chi connectivity index (χ0n) is 38.5. The second-order valence-corrected chi connectivity index (χ2v) is 19.2. The third-order valence-corrected chi connectivity index (χ3v) is 11.3. The second-order valence-electron chi connectivity index (χ2n) is 15.6. The third kappa shape index (κ3) is 14.5. The monoisotopic (exact) mass is 960 g/mol. The number of hydrogen-bond donors (Lipinski definition) is 4. The number of methoxy groups -OCH3 is 1. The highest BCUT2D eigenvalue weighted by Gasteiger charge is 2.12. The van der Waals surface area contributed by atoms with Crippen LogP contribution in [0, 0.1) is 30.6 Å². The van der Waals surface area contributed by atoms with Gasteiger partial charge in [-0.1, -0.05) is 60.1 Å². The molecule has 2 heterocycles. The van der Waals surface area contributed by atoms with Gasteiger partial charge in [0.2, 0.25) is 20.0 Å². The minimum Gasteiger partial charge on any atom is -0.493 e. The van der Waals surface area contributed by atoms with E-state index in [-0.39, 0.29) is 0 Å². The Balaban J connectivity index is 0.000000204. The van der Waals surface area contributed by atoms with Gasteiger partial charge in [0.15, 0.2) is 11.5 Å². The van der Waals surface area contributed by atoms with Crippen molar-refractivity contribution < 1.29 is 31.0 Å². The van der Waals surface area contributed by atoms with Gasteiger partial charge in [-0.05, 0) is 117 Å². The molecule has 8 rings (SSSR count). The Morgan fingerprint density at radius 1 is 0.522 bits per heavy atom. The van der Waals surface area contributed by atoms with Crippen LogP contribution in [-0.2, 0) is 20.0 Å². The van der Waals surface area contributed by atoms with Gasteiger partial charge < -0.3 is 24.8 Å². The molecule has 0 radical (unpaired) electrons. The molecule has 17 heteroatoms. The summed E-state index contributed by atoms with van der Waals surface area (Å²) in [5, 5.41) is 8.24. The molecule has 6 aromatic carbocycles. The average molecular weight is 961 g/mol. The number of sulfonamides is 2. The molecular weight excluding hydrogens is 913 g/mol. The number of aromatic nitrogens is 4. The van der Waals surface area contributed by atoms with Crippen molar-refractivity contribution in [1.29, 1.82) is 0 Å². The highest BCUT2D eigenvalue weighted by Crippen LogP contribution is 2.35. The lowest BCUT2D eigenvalue weighted by molar-refractivity contribution is 0.379. The van der Waals surface area contributed by atoms with E-state index >= 15 is 0 Å². The maximum atomic E-state index is 11.4. The summed E-state index contributed by atoms with van der Waals surface area (Å²) < 4.78 is 67.8. The Labute approximate surface area is 401 Å². The van der Waals surface area contributed by atoms with E-state index in [1.807, 2.05) is 140 Å². The number of nitrogens with zero attached hydrogens (tertiary/aromatic N) is 4. The topological polar surface area (TPSA) is 196 Å². The summed E-state index contributed by atoms with van der Waals surface area (Å²) in [7, 11) is -5.07. The average Bonchev–Trinajstić information content (AvgIpc) is 3.31. The molecular formula is C52H48N8O7S2. The fourth-order valence-corrected chi connectivity index (χ4v) is 8.13. The zero-order valence-corrected chi connectivity index (χ0v) is 40.1. The predicted molar refractivity (Wildman–Crippen MR) is 271 cm³/mol. The van der Waals surface area contributed by atoms with Crippen LogP contribution in [0.5, 0.6) is 28.7 Å². The lowest BCUT2D eigenvalue weighted by atomic mass is 10.1. The Morgan fingerprint density at radius 3 is 1.42 bits per heavy atom. The summed E-state index contributed by atoms with van der Waals surface area (Å²) in [4.78, 5) is 17.5. The molecule has 69 heavy (non-hydrogen) atoms. The molecule has 0 aliphatic heterocycles. The highest BCUT2D eigenvalue weighted by molar-refractivity contribution is 7.89. The van der Waals surface area contributed by atoms with E-state index in [1.54, 1.807) is 21.0 Å². The number of hydrogen-bond acceptors (Lipinski definition) is 13. The van der Waals surface area contributed by atoms with E-state index < -0.39 is 32.1 Å². The molecule has 0 saturated carbocycles. The van der Waals surface area contributed by atoms with Crippen LogP contribution >= 0.6 is 0 Å². The summed E-state index contributed by atoms with van der Waals surface area (Å²) >= 11 is 0. The first-order chi connectivity index (χ1) is 33.1. The zero-order chi connectivity index (χ0) is 49.0. The number of ether oxygens (including phenoxy) is 3. The van der Waals surface area contributed by atoms with Gasteiger partial charge in [0.05, 0.1) is 42.7 Å². The summed E-state index contributed by atoms with van der Waals surface area (Å²) in [5.74, 6) is 16.5. The molecule has 8 aromatic rings. The van der Waals surface area contributed by atoms with Crippen molar-refractivity contribution in [2.45, 2.75) is 32.9 Å². The van der Waals surface area contributed by atoms with Gasteiger partial charge in [-0.15, -0.1) is 0 Å². The molecule has 0 saturated heterocycles.